The van der Waals surface area contributed by atoms with Gasteiger partial charge in [-0.05, 0) is 32.8 Å². The normalized spacial score (nSPS) is 11.3. The van der Waals surface area contributed by atoms with E-state index in [4.69, 9.17) is 5.11 Å². The van der Waals surface area contributed by atoms with Crippen LogP contribution in [0.5, 0.6) is 0 Å². The van der Waals surface area contributed by atoms with Crippen LogP contribution >= 0.6 is 27.3 Å². The molecule has 1 rings (SSSR count). The van der Waals surface area contributed by atoms with E-state index < -0.39 is 11.4 Å². The molecule has 0 atom stereocenters. The molecule has 18 heavy (non-hydrogen) atoms. The number of carbonyl (C=O) groups is 2. The minimum Gasteiger partial charge on any atom is -0.481 e. The Balaban J connectivity index is 2.42. The van der Waals surface area contributed by atoms with Gasteiger partial charge < -0.3 is 10.4 Å². The minimum absolute atomic E-state index is 0.0108. The molecule has 0 aromatic carbocycles. The number of amides is 1. The summed E-state index contributed by atoms with van der Waals surface area (Å²) in [6.45, 7) is 4.03. The van der Waals surface area contributed by atoms with Gasteiger partial charge in [-0.3, -0.25) is 9.59 Å². The summed E-state index contributed by atoms with van der Waals surface area (Å²) < 4.78 is 0.984. The van der Waals surface area contributed by atoms with E-state index in [-0.39, 0.29) is 18.7 Å². The zero-order valence-electron chi connectivity index (χ0n) is 10.3. The molecule has 0 aliphatic heterocycles. The molecule has 0 fully saturated rings. The van der Waals surface area contributed by atoms with E-state index in [2.05, 4.69) is 21.2 Å². The predicted molar refractivity (Wildman–Crippen MR) is 74.5 cm³/mol. The van der Waals surface area contributed by atoms with Crippen molar-refractivity contribution in [1.82, 2.24) is 5.32 Å². The van der Waals surface area contributed by atoms with E-state index in [9.17, 15) is 9.59 Å². The Morgan fingerprint density at radius 2 is 2.11 bits per heavy atom. The van der Waals surface area contributed by atoms with Crippen molar-refractivity contribution in [3.63, 3.8) is 0 Å². The number of thiophene rings is 1. The molecule has 0 unspecified atom stereocenters. The molecule has 100 valence electrons. The lowest BCUT2D eigenvalue weighted by molar-refractivity contribution is -0.139. The molecule has 0 spiro atoms. The molecule has 2 N–H and O–H groups in total. The van der Waals surface area contributed by atoms with Gasteiger partial charge >= 0.3 is 5.97 Å². The van der Waals surface area contributed by atoms with Gasteiger partial charge in [-0.15, -0.1) is 11.3 Å². The van der Waals surface area contributed by atoms with Gasteiger partial charge in [0.25, 0.3) is 0 Å². The van der Waals surface area contributed by atoms with Crippen molar-refractivity contribution in [1.29, 1.82) is 0 Å². The third kappa shape index (κ3) is 5.18. The molecule has 1 heterocycles. The molecule has 4 nitrogen and oxygen atoms in total. The highest BCUT2D eigenvalue weighted by molar-refractivity contribution is 9.10. The molecule has 0 aliphatic carbocycles. The van der Waals surface area contributed by atoms with E-state index in [0.717, 1.165) is 9.35 Å². The van der Waals surface area contributed by atoms with Crippen LogP contribution < -0.4 is 5.32 Å². The number of carboxylic acid groups (broad SMARTS) is 1. The van der Waals surface area contributed by atoms with Gasteiger partial charge in [-0.1, -0.05) is 13.8 Å². The molecule has 0 saturated heterocycles. The van der Waals surface area contributed by atoms with Gasteiger partial charge in [0.15, 0.2) is 0 Å². The van der Waals surface area contributed by atoms with Crippen LogP contribution in [0.3, 0.4) is 0 Å². The SMILES string of the molecule is CC(C)(CC(=O)O)CC(=O)NCc1sccc1Br. The maximum atomic E-state index is 11.7. The number of rotatable bonds is 6. The highest BCUT2D eigenvalue weighted by Gasteiger charge is 2.25. The zero-order valence-corrected chi connectivity index (χ0v) is 12.7. The van der Waals surface area contributed by atoms with E-state index in [1.807, 2.05) is 11.4 Å². The van der Waals surface area contributed by atoms with Crippen LogP contribution in [0.1, 0.15) is 31.6 Å². The van der Waals surface area contributed by atoms with Crippen LogP contribution in [0, 0.1) is 5.41 Å². The molecule has 0 bridgehead atoms. The summed E-state index contributed by atoms with van der Waals surface area (Å²) >= 11 is 4.96. The summed E-state index contributed by atoms with van der Waals surface area (Å²) in [5, 5.41) is 13.5. The van der Waals surface area contributed by atoms with Crippen molar-refractivity contribution < 1.29 is 14.7 Å². The Kier molecular flexibility index (Phi) is 5.34. The maximum absolute atomic E-state index is 11.7. The van der Waals surface area contributed by atoms with Crippen molar-refractivity contribution in [2.75, 3.05) is 0 Å². The molecule has 1 aromatic rings. The Bertz CT molecular complexity index is 442. The molecule has 0 saturated carbocycles. The summed E-state index contributed by atoms with van der Waals surface area (Å²) in [6.07, 6.45) is 0.200. The van der Waals surface area contributed by atoms with Gasteiger partial charge in [-0.25, -0.2) is 0 Å². The van der Waals surface area contributed by atoms with Gasteiger partial charge in [0, 0.05) is 15.8 Å². The van der Waals surface area contributed by atoms with E-state index in [1.54, 1.807) is 25.2 Å². The molecular weight excluding hydrogens is 318 g/mol. The standard InChI is InChI=1S/C12H16BrNO3S/c1-12(2,6-11(16)17)5-10(15)14-7-9-8(13)3-4-18-9/h3-4H,5-7H2,1-2H3,(H,14,15)(H,16,17). The van der Waals surface area contributed by atoms with Crippen molar-refractivity contribution in [2.24, 2.45) is 5.41 Å². The second-order valence-corrected chi connectivity index (χ2v) is 6.73. The van der Waals surface area contributed by atoms with Crippen LogP contribution in [0.25, 0.3) is 0 Å². The quantitative estimate of drug-likeness (QED) is 0.840. The number of hydrogen-bond donors (Lipinski definition) is 2. The van der Waals surface area contributed by atoms with Crippen LogP contribution in [0.15, 0.2) is 15.9 Å². The number of nitrogens with one attached hydrogen (secondary N) is 1. The van der Waals surface area contributed by atoms with Gasteiger partial charge in [0.2, 0.25) is 5.91 Å². The maximum Gasteiger partial charge on any atom is 0.303 e. The fraction of sp³-hybridized carbons (Fsp3) is 0.500. The van der Waals surface area contributed by atoms with Gasteiger partial charge in [0.1, 0.15) is 0 Å². The first-order chi connectivity index (χ1) is 8.30. The van der Waals surface area contributed by atoms with Crippen molar-refractivity contribution >= 4 is 39.1 Å². The summed E-state index contributed by atoms with van der Waals surface area (Å²) in [5.74, 6) is -1.00. The molecule has 6 heteroatoms. The smallest absolute Gasteiger partial charge is 0.303 e. The number of hydrogen-bond acceptors (Lipinski definition) is 3. The molecule has 1 aromatic heterocycles. The fourth-order valence-electron chi connectivity index (χ4n) is 1.60. The van der Waals surface area contributed by atoms with Crippen LogP contribution in [-0.2, 0) is 16.1 Å². The number of carboxylic acids is 1. The second kappa shape index (κ2) is 6.33. The van der Waals surface area contributed by atoms with Gasteiger partial charge in [-0.2, -0.15) is 0 Å². The number of aliphatic carboxylic acids is 1. The van der Waals surface area contributed by atoms with Crippen LogP contribution in [-0.4, -0.2) is 17.0 Å². The average molecular weight is 334 g/mol. The summed E-state index contributed by atoms with van der Waals surface area (Å²) in [5.41, 5.74) is -0.525. The van der Waals surface area contributed by atoms with Gasteiger partial charge in [0.05, 0.1) is 13.0 Å². The monoisotopic (exact) mass is 333 g/mol. The summed E-state index contributed by atoms with van der Waals surface area (Å²) in [4.78, 5) is 23.4. The number of carbonyl (C=O) groups excluding carboxylic acids is 1. The first-order valence-electron chi connectivity index (χ1n) is 5.50. The highest BCUT2D eigenvalue weighted by atomic mass is 79.9. The topological polar surface area (TPSA) is 66.4 Å². The van der Waals surface area contributed by atoms with Crippen LogP contribution in [0.2, 0.25) is 0 Å². The summed E-state index contributed by atoms with van der Waals surface area (Å²) in [7, 11) is 0. The molecule has 0 radical (unpaired) electrons. The first kappa shape index (κ1) is 15.2. The minimum atomic E-state index is -0.881. The zero-order chi connectivity index (χ0) is 13.8. The lowest BCUT2D eigenvalue weighted by Crippen LogP contribution is -2.29. The fourth-order valence-corrected chi connectivity index (χ4v) is 3.03. The third-order valence-corrected chi connectivity index (χ3v) is 4.33. The Hall–Kier alpha value is -0.880. The number of halogens is 1. The van der Waals surface area contributed by atoms with E-state index in [1.165, 1.54) is 0 Å². The van der Waals surface area contributed by atoms with Crippen molar-refractivity contribution in [2.45, 2.75) is 33.2 Å². The van der Waals surface area contributed by atoms with E-state index in [0.29, 0.717) is 6.54 Å². The lowest BCUT2D eigenvalue weighted by Gasteiger charge is -2.21. The Morgan fingerprint density at radius 3 is 2.61 bits per heavy atom. The molecular formula is C12H16BrNO3S. The first-order valence-corrected chi connectivity index (χ1v) is 7.18. The van der Waals surface area contributed by atoms with Crippen molar-refractivity contribution in [3.8, 4) is 0 Å². The van der Waals surface area contributed by atoms with E-state index >= 15 is 0 Å². The predicted octanol–water partition coefficient (Wildman–Crippen LogP) is 3.02. The third-order valence-electron chi connectivity index (χ3n) is 2.41. The Morgan fingerprint density at radius 1 is 1.44 bits per heavy atom. The molecule has 0 aliphatic rings. The molecule has 1 amide bonds. The average Bonchev–Trinajstić information content (AvgIpc) is 2.58. The summed E-state index contributed by atoms with van der Waals surface area (Å²) in [6, 6.07) is 1.93. The highest BCUT2D eigenvalue weighted by Crippen LogP contribution is 2.25. The van der Waals surface area contributed by atoms with Crippen molar-refractivity contribution in [3.05, 3.63) is 20.8 Å². The second-order valence-electron chi connectivity index (χ2n) is 4.88. The lowest BCUT2D eigenvalue weighted by atomic mass is 9.85. The largest absolute Gasteiger partial charge is 0.481 e. The Labute approximate surface area is 119 Å². The van der Waals surface area contributed by atoms with Crippen LogP contribution in [0.4, 0.5) is 0 Å².